The third-order valence-electron chi connectivity index (χ3n) is 3.45. The van der Waals surface area contributed by atoms with Gasteiger partial charge in [-0.25, -0.2) is 9.37 Å². The summed E-state index contributed by atoms with van der Waals surface area (Å²) < 4.78 is 58.5. The molecule has 0 unspecified atom stereocenters. The van der Waals surface area contributed by atoms with Crippen LogP contribution in [0.4, 0.5) is 8.28 Å². The van der Waals surface area contributed by atoms with Crippen LogP contribution >= 0.6 is 0 Å². The molecule has 0 saturated carbocycles. The zero-order chi connectivity index (χ0) is 19.4. The standard InChI is InChI=1S/C17H11F2N3O4S/c18-17-7-14(22-9-13(8-20)21-11-22)2-1-12(17)10-25-15-3-5-16(6-4-15)26-27(19,23)24/h1-7,9,11H,10H2. The fraction of sp³-hybridized carbons (Fsp3) is 0.0588. The molecule has 3 aromatic rings. The largest absolute Gasteiger partial charge is 0.489 e. The molecule has 138 valence electrons. The van der Waals surface area contributed by atoms with E-state index in [-0.39, 0.29) is 23.6 Å². The Labute approximate surface area is 153 Å². The molecule has 0 bridgehead atoms. The van der Waals surface area contributed by atoms with Crippen molar-refractivity contribution in [2.45, 2.75) is 6.61 Å². The van der Waals surface area contributed by atoms with Crippen LogP contribution in [0.1, 0.15) is 11.3 Å². The Morgan fingerprint density at radius 3 is 2.44 bits per heavy atom. The zero-order valence-corrected chi connectivity index (χ0v) is 14.4. The van der Waals surface area contributed by atoms with Crippen LogP contribution in [0.5, 0.6) is 11.5 Å². The van der Waals surface area contributed by atoms with E-state index in [1.807, 2.05) is 6.07 Å². The molecule has 0 fully saturated rings. The van der Waals surface area contributed by atoms with Crippen LogP contribution in [0.25, 0.3) is 5.69 Å². The first kappa shape index (κ1) is 18.3. The molecule has 0 N–H and O–H groups in total. The summed E-state index contributed by atoms with van der Waals surface area (Å²) in [7, 11) is -5.09. The number of rotatable bonds is 6. The molecule has 1 aromatic heterocycles. The summed E-state index contributed by atoms with van der Waals surface area (Å²) in [6.45, 7) is -0.0822. The molecular formula is C17H11F2N3O4S. The number of nitrogens with zero attached hydrogens (tertiary/aromatic N) is 3. The highest BCUT2D eigenvalue weighted by Crippen LogP contribution is 2.21. The first-order valence-electron chi connectivity index (χ1n) is 7.44. The van der Waals surface area contributed by atoms with Crippen LogP contribution in [-0.2, 0) is 17.1 Å². The van der Waals surface area contributed by atoms with Crippen molar-refractivity contribution in [1.82, 2.24) is 9.55 Å². The molecule has 0 spiro atoms. The predicted octanol–water partition coefficient (Wildman–Crippen LogP) is 3.06. The van der Waals surface area contributed by atoms with Gasteiger partial charge in [0.05, 0.1) is 0 Å². The molecule has 0 amide bonds. The van der Waals surface area contributed by atoms with E-state index < -0.39 is 16.3 Å². The van der Waals surface area contributed by atoms with Crippen LogP contribution in [0.15, 0.2) is 55.0 Å². The third-order valence-corrected chi connectivity index (χ3v) is 3.84. The maximum atomic E-state index is 14.3. The molecule has 3 rings (SSSR count). The minimum Gasteiger partial charge on any atom is -0.489 e. The van der Waals surface area contributed by atoms with E-state index in [0.717, 1.165) is 0 Å². The van der Waals surface area contributed by atoms with Crippen molar-refractivity contribution in [3.63, 3.8) is 0 Å². The van der Waals surface area contributed by atoms with Crippen molar-refractivity contribution in [2.75, 3.05) is 0 Å². The van der Waals surface area contributed by atoms with E-state index in [4.69, 9.17) is 10.00 Å². The van der Waals surface area contributed by atoms with Gasteiger partial charge in [0.25, 0.3) is 0 Å². The smallest absolute Gasteiger partial charge is 0.488 e. The second-order valence-corrected chi connectivity index (χ2v) is 6.24. The monoisotopic (exact) mass is 391 g/mol. The molecule has 1 heterocycles. The molecule has 0 aliphatic rings. The van der Waals surface area contributed by atoms with Gasteiger partial charge in [0.15, 0.2) is 5.69 Å². The first-order chi connectivity index (χ1) is 12.8. The molecule has 2 aromatic carbocycles. The van der Waals surface area contributed by atoms with Crippen molar-refractivity contribution in [3.8, 4) is 23.3 Å². The quantitative estimate of drug-likeness (QED) is 0.600. The summed E-state index contributed by atoms with van der Waals surface area (Å²) in [6, 6.07) is 11.5. The van der Waals surface area contributed by atoms with Gasteiger partial charge in [-0.3, -0.25) is 0 Å². The second-order valence-electron chi connectivity index (χ2n) is 5.29. The Morgan fingerprint density at radius 1 is 1.15 bits per heavy atom. The van der Waals surface area contributed by atoms with Crippen molar-refractivity contribution in [1.29, 1.82) is 5.26 Å². The fourth-order valence-corrected chi connectivity index (χ4v) is 2.54. The average Bonchev–Trinajstić information content (AvgIpc) is 3.10. The number of nitriles is 1. The summed E-state index contributed by atoms with van der Waals surface area (Å²) in [5.41, 5.74) is 1.00. The lowest BCUT2D eigenvalue weighted by Gasteiger charge is -2.09. The maximum Gasteiger partial charge on any atom is 0.488 e. The zero-order valence-electron chi connectivity index (χ0n) is 13.5. The van der Waals surface area contributed by atoms with Gasteiger partial charge < -0.3 is 13.5 Å². The summed E-state index contributed by atoms with van der Waals surface area (Å²) in [4.78, 5) is 3.85. The van der Waals surface area contributed by atoms with E-state index in [1.54, 1.807) is 6.07 Å². The van der Waals surface area contributed by atoms with E-state index >= 15 is 0 Å². The van der Waals surface area contributed by atoms with Gasteiger partial charge >= 0.3 is 10.5 Å². The van der Waals surface area contributed by atoms with Gasteiger partial charge in [-0.05, 0) is 36.4 Å². The first-order valence-corrected chi connectivity index (χ1v) is 8.75. The molecule has 0 aliphatic carbocycles. The number of hydrogen-bond acceptors (Lipinski definition) is 6. The van der Waals surface area contributed by atoms with Gasteiger partial charge in [-0.1, -0.05) is 9.95 Å². The summed E-state index contributed by atoms with van der Waals surface area (Å²) >= 11 is 0. The van der Waals surface area contributed by atoms with E-state index in [2.05, 4.69) is 9.17 Å². The van der Waals surface area contributed by atoms with Crippen molar-refractivity contribution in [2.24, 2.45) is 0 Å². The highest BCUT2D eigenvalue weighted by atomic mass is 32.3. The Morgan fingerprint density at radius 2 is 1.85 bits per heavy atom. The van der Waals surface area contributed by atoms with Crippen molar-refractivity contribution < 1.29 is 25.6 Å². The van der Waals surface area contributed by atoms with Gasteiger partial charge in [0.2, 0.25) is 0 Å². The molecular weight excluding hydrogens is 380 g/mol. The van der Waals surface area contributed by atoms with Crippen LogP contribution < -0.4 is 8.92 Å². The summed E-state index contributed by atoms with van der Waals surface area (Å²) in [5, 5.41) is 8.77. The summed E-state index contributed by atoms with van der Waals surface area (Å²) in [6.07, 6.45) is 2.89. The van der Waals surface area contributed by atoms with Gasteiger partial charge in [0, 0.05) is 17.4 Å². The van der Waals surface area contributed by atoms with E-state index in [1.165, 1.54) is 53.5 Å². The minimum absolute atomic E-state index is 0.0822. The lowest BCUT2D eigenvalue weighted by Crippen LogP contribution is -2.02. The van der Waals surface area contributed by atoms with Crippen molar-refractivity contribution in [3.05, 3.63) is 72.1 Å². The van der Waals surface area contributed by atoms with E-state index in [9.17, 15) is 16.7 Å². The molecule has 0 saturated heterocycles. The predicted molar refractivity (Wildman–Crippen MR) is 89.7 cm³/mol. The van der Waals surface area contributed by atoms with Gasteiger partial charge in [0.1, 0.15) is 36.3 Å². The molecule has 0 atom stereocenters. The van der Waals surface area contributed by atoms with Gasteiger partial charge in [-0.2, -0.15) is 13.7 Å². The highest BCUT2D eigenvalue weighted by Gasteiger charge is 2.10. The lowest BCUT2D eigenvalue weighted by molar-refractivity contribution is 0.299. The van der Waals surface area contributed by atoms with Crippen LogP contribution in [-0.4, -0.2) is 18.0 Å². The maximum absolute atomic E-state index is 14.3. The molecule has 0 radical (unpaired) electrons. The van der Waals surface area contributed by atoms with Crippen LogP contribution in [0.2, 0.25) is 0 Å². The Bertz CT molecular complexity index is 1110. The molecule has 0 aliphatic heterocycles. The Hall–Kier alpha value is -3.45. The van der Waals surface area contributed by atoms with Crippen LogP contribution in [0.3, 0.4) is 0 Å². The summed E-state index contributed by atoms with van der Waals surface area (Å²) in [5.74, 6) is -0.406. The third kappa shape index (κ3) is 4.80. The van der Waals surface area contributed by atoms with Crippen molar-refractivity contribution >= 4 is 10.5 Å². The minimum atomic E-state index is -5.09. The average molecular weight is 391 g/mol. The number of ether oxygens (including phenoxy) is 1. The highest BCUT2D eigenvalue weighted by molar-refractivity contribution is 7.81. The number of imidazole rings is 1. The fourth-order valence-electron chi connectivity index (χ4n) is 2.20. The number of halogens is 2. The van der Waals surface area contributed by atoms with Crippen LogP contribution in [0, 0.1) is 17.1 Å². The number of hydrogen-bond donors (Lipinski definition) is 0. The van der Waals surface area contributed by atoms with E-state index in [0.29, 0.717) is 11.4 Å². The molecule has 27 heavy (non-hydrogen) atoms. The molecule has 7 nitrogen and oxygen atoms in total. The normalized spacial score (nSPS) is 11.0. The van der Waals surface area contributed by atoms with Gasteiger partial charge in [-0.15, -0.1) is 0 Å². The second kappa shape index (κ2) is 7.43. The lowest BCUT2D eigenvalue weighted by atomic mass is 10.2. The Balaban J connectivity index is 1.67. The topological polar surface area (TPSA) is 94.2 Å². The molecule has 10 heteroatoms. The Kier molecular flexibility index (Phi) is 5.05. The SMILES string of the molecule is N#Cc1cn(-c2ccc(COc3ccc(OS(=O)(=O)F)cc3)c(F)c2)cn1. The number of aromatic nitrogens is 2. The number of benzene rings is 2.